The van der Waals surface area contributed by atoms with Crippen LogP contribution < -0.4 is 10.3 Å². The number of carbonyl (C=O) groups is 1. The number of hydrogen-bond donors (Lipinski definition) is 0. The van der Waals surface area contributed by atoms with Gasteiger partial charge in [-0.1, -0.05) is 19.1 Å². The van der Waals surface area contributed by atoms with Gasteiger partial charge in [0.1, 0.15) is 5.75 Å². The van der Waals surface area contributed by atoms with E-state index >= 15 is 0 Å². The van der Waals surface area contributed by atoms with Crippen LogP contribution in [0.4, 0.5) is 0 Å². The second-order valence-corrected chi connectivity index (χ2v) is 4.92. The van der Waals surface area contributed by atoms with Crippen LogP contribution in [0.15, 0.2) is 41.2 Å². The normalized spacial score (nSPS) is 12.0. The standard InChI is InChI=1S/C17H19NO3/c1-4-12(2)18-15(10-9-13(11-19)17(18)20)14-7-5-6-8-16(14)21-3/h5-12H,4H2,1-3H3. The van der Waals surface area contributed by atoms with Crippen LogP contribution in [0.3, 0.4) is 0 Å². The lowest BCUT2D eigenvalue weighted by Crippen LogP contribution is -2.27. The minimum atomic E-state index is -0.261. The first-order chi connectivity index (χ1) is 10.1. The van der Waals surface area contributed by atoms with Crippen LogP contribution in [0.5, 0.6) is 5.75 Å². The molecule has 1 aromatic heterocycles. The highest BCUT2D eigenvalue weighted by Crippen LogP contribution is 2.30. The number of nitrogens with zero attached hydrogens (tertiary/aromatic N) is 1. The molecule has 0 saturated carbocycles. The molecule has 110 valence electrons. The van der Waals surface area contributed by atoms with Gasteiger partial charge in [-0.15, -0.1) is 0 Å². The van der Waals surface area contributed by atoms with Crippen molar-refractivity contribution in [3.05, 3.63) is 52.3 Å². The molecule has 1 unspecified atom stereocenters. The van der Waals surface area contributed by atoms with Crippen molar-refractivity contribution < 1.29 is 9.53 Å². The summed E-state index contributed by atoms with van der Waals surface area (Å²) >= 11 is 0. The fourth-order valence-electron chi connectivity index (χ4n) is 2.35. The minimum absolute atomic E-state index is 0.00249. The molecule has 0 N–H and O–H groups in total. The quantitative estimate of drug-likeness (QED) is 0.792. The second kappa shape index (κ2) is 6.39. The Labute approximate surface area is 124 Å². The number of aromatic nitrogens is 1. The monoisotopic (exact) mass is 285 g/mol. The van der Waals surface area contributed by atoms with Crippen molar-refractivity contribution >= 4 is 6.29 Å². The number of ether oxygens (including phenoxy) is 1. The maximum atomic E-state index is 12.5. The molecule has 1 atom stereocenters. The van der Waals surface area contributed by atoms with E-state index < -0.39 is 0 Å². The predicted molar refractivity (Wildman–Crippen MR) is 83.1 cm³/mol. The molecule has 0 fully saturated rings. The average Bonchev–Trinajstić information content (AvgIpc) is 2.53. The van der Waals surface area contributed by atoms with Gasteiger partial charge in [-0.05, 0) is 37.6 Å². The van der Waals surface area contributed by atoms with Gasteiger partial charge in [-0.3, -0.25) is 9.59 Å². The summed E-state index contributed by atoms with van der Waals surface area (Å²) in [7, 11) is 1.60. The number of aldehydes is 1. The molecule has 1 heterocycles. The molecule has 0 bridgehead atoms. The molecular weight excluding hydrogens is 266 g/mol. The number of para-hydroxylation sites is 1. The molecule has 2 rings (SSSR count). The maximum Gasteiger partial charge on any atom is 0.261 e. The van der Waals surface area contributed by atoms with Crippen molar-refractivity contribution in [3.8, 4) is 17.0 Å². The van der Waals surface area contributed by atoms with E-state index in [1.165, 1.54) is 0 Å². The van der Waals surface area contributed by atoms with Crippen molar-refractivity contribution in [2.24, 2.45) is 0 Å². The van der Waals surface area contributed by atoms with Crippen molar-refractivity contribution in [2.45, 2.75) is 26.3 Å². The number of carbonyl (C=O) groups excluding carboxylic acids is 1. The zero-order valence-electron chi connectivity index (χ0n) is 12.5. The van der Waals surface area contributed by atoms with Gasteiger partial charge in [0.05, 0.1) is 18.4 Å². The Bertz CT molecular complexity index is 703. The van der Waals surface area contributed by atoms with Crippen molar-refractivity contribution in [1.82, 2.24) is 4.57 Å². The number of pyridine rings is 1. The highest BCUT2D eigenvalue weighted by Gasteiger charge is 2.16. The molecular formula is C17H19NO3. The SMILES string of the molecule is CCC(C)n1c(-c2ccccc2OC)ccc(C=O)c1=O. The highest BCUT2D eigenvalue weighted by atomic mass is 16.5. The topological polar surface area (TPSA) is 48.3 Å². The van der Waals surface area contributed by atoms with Crippen LogP contribution in [0.25, 0.3) is 11.3 Å². The summed E-state index contributed by atoms with van der Waals surface area (Å²) < 4.78 is 7.05. The van der Waals surface area contributed by atoms with Crippen molar-refractivity contribution in [1.29, 1.82) is 0 Å². The van der Waals surface area contributed by atoms with E-state index in [-0.39, 0.29) is 17.2 Å². The van der Waals surface area contributed by atoms with Gasteiger partial charge in [0, 0.05) is 11.6 Å². The van der Waals surface area contributed by atoms with Crippen LogP contribution in [0, 0.1) is 0 Å². The smallest absolute Gasteiger partial charge is 0.261 e. The van der Waals surface area contributed by atoms with Crippen LogP contribution in [-0.4, -0.2) is 18.0 Å². The molecule has 4 heteroatoms. The zero-order chi connectivity index (χ0) is 15.4. The predicted octanol–water partition coefficient (Wildman–Crippen LogP) is 3.31. The zero-order valence-corrected chi connectivity index (χ0v) is 12.5. The lowest BCUT2D eigenvalue weighted by molar-refractivity contribution is 0.112. The van der Waals surface area contributed by atoms with Gasteiger partial charge < -0.3 is 9.30 Å². The fourth-order valence-corrected chi connectivity index (χ4v) is 2.35. The van der Waals surface area contributed by atoms with Gasteiger partial charge in [0.25, 0.3) is 5.56 Å². The number of benzene rings is 1. The summed E-state index contributed by atoms with van der Waals surface area (Å²) in [5.41, 5.74) is 1.52. The van der Waals surface area contributed by atoms with Gasteiger partial charge in [0.15, 0.2) is 6.29 Å². The summed E-state index contributed by atoms with van der Waals surface area (Å²) in [6.07, 6.45) is 1.40. The van der Waals surface area contributed by atoms with E-state index in [4.69, 9.17) is 4.74 Å². The van der Waals surface area contributed by atoms with Gasteiger partial charge >= 0.3 is 0 Å². The average molecular weight is 285 g/mol. The van der Waals surface area contributed by atoms with Gasteiger partial charge in [-0.25, -0.2) is 0 Å². The van der Waals surface area contributed by atoms with E-state index in [9.17, 15) is 9.59 Å². The van der Waals surface area contributed by atoms with E-state index in [1.807, 2.05) is 38.1 Å². The second-order valence-electron chi connectivity index (χ2n) is 4.92. The summed E-state index contributed by atoms with van der Waals surface area (Å²) in [6, 6.07) is 10.9. The van der Waals surface area contributed by atoms with Crippen LogP contribution in [-0.2, 0) is 0 Å². The molecule has 0 spiro atoms. The summed E-state index contributed by atoms with van der Waals surface area (Å²) in [5, 5.41) is 0. The number of hydrogen-bond acceptors (Lipinski definition) is 3. The van der Waals surface area contributed by atoms with Crippen molar-refractivity contribution in [2.75, 3.05) is 7.11 Å². The molecule has 0 saturated heterocycles. The summed E-state index contributed by atoms with van der Waals surface area (Å²) in [6.45, 7) is 3.98. The van der Waals surface area contributed by atoms with E-state index in [2.05, 4.69) is 0 Å². The van der Waals surface area contributed by atoms with E-state index in [0.717, 1.165) is 17.7 Å². The Hall–Kier alpha value is -2.36. The summed E-state index contributed by atoms with van der Waals surface area (Å²) in [4.78, 5) is 23.5. The van der Waals surface area contributed by atoms with Gasteiger partial charge in [0.2, 0.25) is 0 Å². The van der Waals surface area contributed by atoms with Gasteiger partial charge in [-0.2, -0.15) is 0 Å². The Morgan fingerprint density at radius 3 is 2.57 bits per heavy atom. The third-order valence-electron chi connectivity index (χ3n) is 3.69. The molecule has 1 aromatic carbocycles. The molecule has 21 heavy (non-hydrogen) atoms. The largest absolute Gasteiger partial charge is 0.496 e. The molecule has 0 aliphatic rings. The molecule has 0 radical (unpaired) electrons. The van der Waals surface area contributed by atoms with Crippen molar-refractivity contribution in [3.63, 3.8) is 0 Å². The first-order valence-electron chi connectivity index (χ1n) is 6.98. The Kier molecular flexibility index (Phi) is 4.58. The lowest BCUT2D eigenvalue weighted by atomic mass is 10.1. The van der Waals surface area contributed by atoms with Crippen LogP contribution in [0.1, 0.15) is 36.7 Å². The molecule has 0 aliphatic heterocycles. The summed E-state index contributed by atoms with van der Waals surface area (Å²) in [5.74, 6) is 0.702. The van der Waals surface area contributed by atoms with E-state index in [0.29, 0.717) is 12.0 Å². The Morgan fingerprint density at radius 2 is 1.95 bits per heavy atom. The Balaban J connectivity index is 2.77. The molecule has 0 aliphatic carbocycles. The van der Waals surface area contributed by atoms with Crippen LogP contribution in [0.2, 0.25) is 0 Å². The molecule has 2 aromatic rings. The molecule has 4 nitrogen and oxygen atoms in total. The minimum Gasteiger partial charge on any atom is -0.496 e. The number of rotatable bonds is 5. The Morgan fingerprint density at radius 1 is 1.24 bits per heavy atom. The fraction of sp³-hybridized carbons (Fsp3) is 0.294. The first kappa shape index (κ1) is 15.0. The maximum absolute atomic E-state index is 12.5. The van der Waals surface area contributed by atoms with Crippen LogP contribution >= 0.6 is 0 Å². The highest BCUT2D eigenvalue weighted by molar-refractivity contribution is 5.76. The molecule has 0 amide bonds. The lowest BCUT2D eigenvalue weighted by Gasteiger charge is -2.20. The third-order valence-corrected chi connectivity index (χ3v) is 3.69. The number of methoxy groups -OCH3 is 1. The van der Waals surface area contributed by atoms with E-state index in [1.54, 1.807) is 23.8 Å². The first-order valence-corrected chi connectivity index (χ1v) is 6.98. The third kappa shape index (κ3) is 2.75.